The van der Waals surface area contributed by atoms with Crippen LogP contribution in [0.15, 0.2) is 66.3 Å². The highest BCUT2D eigenvalue weighted by Gasteiger charge is 2.62. The summed E-state index contributed by atoms with van der Waals surface area (Å²) >= 11 is 7.68. The van der Waals surface area contributed by atoms with Crippen molar-refractivity contribution in [3.05, 3.63) is 82.4 Å². The summed E-state index contributed by atoms with van der Waals surface area (Å²) in [7, 11) is 7.39. The molecule has 91 heavy (non-hydrogen) atoms. The van der Waals surface area contributed by atoms with E-state index >= 15 is 0 Å². The minimum absolute atomic E-state index is 0.00695. The first kappa shape index (κ1) is 70.5. The third-order valence-electron chi connectivity index (χ3n) is 16.5. The lowest BCUT2D eigenvalue weighted by atomic mass is 9.83. The number of amides is 8. The second kappa shape index (κ2) is 31.4. The summed E-state index contributed by atoms with van der Waals surface area (Å²) in [5.41, 5.74) is -0.372. The van der Waals surface area contributed by atoms with Gasteiger partial charge in [0.1, 0.15) is 61.2 Å². The maximum absolute atomic E-state index is 14.4. The molecular weight excluding hydrogens is 1230 g/mol. The number of benzene rings is 2. The van der Waals surface area contributed by atoms with Crippen LogP contribution in [0, 0.1) is 17.3 Å². The number of allylic oxidation sites excluding steroid dienone is 3. The summed E-state index contributed by atoms with van der Waals surface area (Å²) < 4.78 is 39.0. The van der Waals surface area contributed by atoms with Crippen LogP contribution in [0.5, 0.6) is 5.75 Å². The molecule has 2 aromatic carbocycles. The van der Waals surface area contributed by atoms with Crippen molar-refractivity contribution < 1.29 is 96.2 Å². The van der Waals surface area contributed by atoms with Gasteiger partial charge >= 0.3 is 30.2 Å². The molecule has 7 rings (SSSR count). The van der Waals surface area contributed by atoms with E-state index in [0.29, 0.717) is 34.9 Å². The maximum Gasteiger partial charge on any atom is 0.412 e. The lowest BCUT2D eigenvalue weighted by molar-refractivity contribution is -0.196. The van der Waals surface area contributed by atoms with Gasteiger partial charge in [-0.15, -0.1) is 5.06 Å². The normalized spacial score (nSPS) is 25.5. The number of ether oxygens (including phenoxy) is 7. The van der Waals surface area contributed by atoms with Crippen molar-refractivity contribution in [2.75, 3.05) is 96.2 Å². The van der Waals surface area contributed by atoms with Crippen LogP contribution in [0.3, 0.4) is 0 Å². The first-order valence-corrected chi connectivity index (χ1v) is 30.8. The van der Waals surface area contributed by atoms with Crippen molar-refractivity contribution in [3.8, 4) is 5.75 Å². The number of fused-ring (bicyclic) bond motifs is 5. The maximum atomic E-state index is 14.4. The van der Waals surface area contributed by atoms with E-state index in [4.69, 9.17) is 49.6 Å². The van der Waals surface area contributed by atoms with Crippen molar-refractivity contribution in [3.63, 3.8) is 0 Å². The Balaban J connectivity index is 0.920. The van der Waals surface area contributed by atoms with Gasteiger partial charge in [-0.2, -0.15) is 0 Å². The van der Waals surface area contributed by atoms with Crippen LogP contribution < -0.4 is 25.6 Å². The number of alkyl carbamates (subject to hydrolysis) is 1. The van der Waals surface area contributed by atoms with Crippen molar-refractivity contribution >= 4 is 99.5 Å². The summed E-state index contributed by atoms with van der Waals surface area (Å²) in [6, 6.07) is 6.81. The Morgan fingerprint density at radius 3 is 2.41 bits per heavy atom. The number of thioether (sulfide) groups is 1. The van der Waals surface area contributed by atoms with Gasteiger partial charge in [0, 0.05) is 78.1 Å². The van der Waals surface area contributed by atoms with Crippen LogP contribution in [0.25, 0.3) is 0 Å². The fourth-order valence-corrected chi connectivity index (χ4v) is 11.7. The smallest absolute Gasteiger partial charge is 0.412 e. The number of nitrogens with one attached hydrogen (secondary N) is 3. The predicted octanol–water partition coefficient (Wildman–Crippen LogP) is 5.67. The molecule has 0 aromatic heterocycles. The highest BCUT2D eigenvalue weighted by molar-refractivity contribution is 8.13. The number of hydrogen-bond acceptors (Lipinski definition) is 22. The predicted molar refractivity (Wildman–Crippen MR) is 329 cm³/mol. The first-order valence-electron chi connectivity index (χ1n) is 29.4. The average molecular weight is 1310 g/mol. The molecule has 28 nitrogen and oxygen atoms in total. The number of rotatable bonds is 18. The van der Waals surface area contributed by atoms with E-state index < -0.39 is 113 Å². The zero-order valence-corrected chi connectivity index (χ0v) is 53.8. The third-order valence-corrected chi connectivity index (χ3v) is 17.9. The van der Waals surface area contributed by atoms with E-state index in [1.807, 2.05) is 20.8 Å². The third kappa shape index (κ3) is 18.6. The van der Waals surface area contributed by atoms with Gasteiger partial charge in [-0.05, 0) is 80.0 Å². The number of aliphatic hydroxyl groups excluding tert-OH is 1. The second-order valence-electron chi connectivity index (χ2n) is 23.2. The van der Waals surface area contributed by atoms with Gasteiger partial charge in [0.2, 0.25) is 11.8 Å². The summed E-state index contributed by atoms with van der Waals surface area (Å²) in [4.78, 5) is 141. The number of halogens is 1. The Labute approximate surface area is 535 Å². The van der Waals surface area contributed by atoms with Gasteiger partial charge in [0.15, 0.2) is 5.72 Å². The molecule has 0 spiro atoms. The number of hydrogen-bond donors (Lipinski definition) is 5. The fraction of sp³-hybridized carbons (Fsp3) is 0.541. The molecule has 1 unspecified atom stereocenters. The monoisotopic (exact) mass is 1310 g/mol. The molecule has 30 heteroatoms. The Hall–Kier alpha value is -7.96. The number of esters is 1. The SMILES string of the molecule is COc1cc2cc(c1Cl)N(C)C(=O)C[C@H](OC(=O)[C@H](C)N(C)C(=O)CCSC(=O)N(C)CCN(C)C(=O)OCc1ccc(NC(=O)OC3C=CCOCOC3)c(NCC(=O)ON3C(=O)CCC3=O)c1)[C@]1(C)C[C@H]1[C@H](C)[C@@H]1C[C@@](O)(NC(=O)O1)[C@H](O)/C=C/C=C(\C)C2. The summed E-state index contributed by atoms with van der Waals surface area (Å²) in [5.74, 6) is -4.54. The number of carbonyl (C=O) groups is 10. The largest absolute Gasteiger partial charge is 0.495 e. The number of methoxy groups -OCH3 is 1. The Bertz CT molecular complexity index is 3170. The highest BCUT2D eigenvalue weighted by atomic mass is 35.5. The van der Waals surface area contributed by atoms with Gasteiger partial charge in [-0.1, -0.05) is 73.2 Å². The summed E-state index contributed by atoms with van der Waals surface area (Å²) in [5, 5.41) is 30.7. The Morgan fingerprint density at radius 1 is 0.956 bits per heavy atom. The van der Waals surface area contributed by atoms with E-state index in [9.17, 15) is 58.2 Å². The van der Waals surface area contributed by atoms with Crippen molar-refractivity contribution in [1.29, 1.82) is 0 Å². The minimum Gasteiger partial charge on any atom is -0.495 e. The van der Waals surface area contributed by atoms with Gasteiger partial charge in [0.05, 0.1) is 43.8 Å². The number of likely N-dealkylation sites (N-methyl/N-ethyl adjacent to an activating group) is 3. The zero-order chi connectivity index (χ0) is 66.5. The van der Waals surface area contributed by atoms with Crippen molar-refractivity contribution in [2.45, 2.75) is 115 Å². The number of nitrogens with zero attached hydrogens (tertiary/aromatic N) is 5. The van der Waals surface area contributed by atoms with Gasteiger partial charge in [0.25, 0.3) is 17.1 Å². The number of imide groups is 1. The van der Waals surface area contributed by atoms with E-state index in [0.717, 1.165) is 22.9 Å². The second-order valence-corrected chi connectivity index (χ2v) is 24.6. The quantitative estimate of drug-likeness (QED) is 0.0519. The molecule has 5 aliphatic rings. The molecule has 1 saturated carbocycles. The van der Waals surface area contributed by atoms with E-state index in [2.05, 4.69) is 16.0 Å². The van der Waals surface area contributed by atoms with E-state index in [-0.39, 0.29) is 99.9 Å². The molecule has 4 heterocycles. The molecule has 8 amide bonds. The molecule has 2 aromatic rings. The van der Waals surface area contributed by atoms with Crippen LogP contribution in [-0.2, 0) is 75.1 Å². The lowest BCUT2D eigenvalue weighted by Crippen LogP contribution is -2.63. The number of anilines is 3. The molecule has 9 atom stereocenters. The molecule has 2 saturated heterocycles. The molecule has 496 valence electrons. The standard InChI is InChI=1S/C61H79ClN8O20S/c1-35-12-10-14-47(71)61(82)30-46(88-57(79)65-61)36(2)41-29-60(41,4)48(28-52(75)69(8)44-26-39(24-35)27-45(83-9)54(44)62)89-55(77)37(3)68(7)49(72)19-23-91-59(81)67(6)21-20-66(5)58(80)86-32-38-15-16-42(64-56(78)87-40-13-11-22-84-34-85-33-40)43(25-38)63-31-53(76)90-70-50(73)17-18-51(70)74/h10-16,25-27,36-37,40-41,46-48,63,71,82H,17-24,28-34H2,1-9H3,(H,64,78)(H,65,79)/b13-11?,14-10+,35-12+/t36-,37-,40?,41-,46-,47+,48-,60+,61-/m0/s1. The van der Waals surface area contributed by atoms with Gasteiger partial charge in [-0.25, -0.2) is 24.0 Å². The summed E-state index contributed by atoms with van der Waals surface area (Å²) in [6.07, 6.45) is 1.06. The zero-order valence-electron chi connectivity index (χ0n) is 52.2. The molecule has 1 aliphatic carbocycles. The first-order chi connectivity index (χ1) is 43.1. The highest BCUT2D eigenvalue weighted by Crippen LogP contribution is 2.61. The van der Waals surface area contributed by atoms with Crippen LogP contribution >= 0.6 is 23.4 Å². The van der Waals surface area contributed by atoms with Crippen LogP contribution in [0.2, 0.25) is 5.02 Å². The number of carbonyl (C=O) groups excluding carboxylic acids is 10. The van der Waals surface area contributed by atoms with E-state index in [1.54, 1.807) is 49.6 Å². The topological polar surface area (TPSA) is 337 Å². The molecule has 5 N–H and O–H groups in total. The molecule has 4 bridgehead atoms. The van der Waals surface area contributed by atoms with Crippen LogP contribution in [-0.4, -0.2) is 206 Å². The van der Waals surface area contributed by atoms with Crippen molar-refractivity contribution in [2.24, 2.45) is 17.3 Å². The number of aliphatic hydroxyl groups is 2. The van der Waals surface area contributed by atoms with Crippen LogP contribution in [0.4, 0.5) is 36.2 Å². The molecule has 3 fully saturated rings. The van der Waals surface area contributed by atoms with Crippen molar-refractivity contribution in [1.82, 2.24) is 25.1 Å². The average Bonchev–Trinajstić information content (AvgIpc) is 1.59. The molecule has 4 aliphatic heterocycles. The van der Waals surface area contributed by atoms with Gasteiger partial charge < -0.3 is 73.1 Å². The fourth-order valence-electron chi connectivity index (χ4n) is 10.6. The van der Waals surface area contributed by atoms with Gasteiger partial charge in [-0.3, -0.25) is 34.6 Å². The Kier molecular flexibility index (Phi) is 24.3. The summed E-state index contributed by atoms with van der Waals surface area (Å²) in [6.45, 7) is 6.54. The Morgan fingerprint density at radius 2 is 1.68 bits per heavy atom. The molecule has 0 radical (unpaired) electrons. The molecular formula is C61H79ClN8O20S. The number of hydroxylamine groups is 2. The van der Waals surface area contributed by atoms with E-state index in [1.165, 1.54) is 73.0 Å². The van der Waals surface area contributed by atoms with Crippen LogP contribution in [0.1, 0.15) is 77.3 Å². The minimum atomic E-state index is -2.09. The lowest BCUT2D eigenvalue weighted by Gasteiger charge is -2.41.